The SMILES string of the molecule is COC(=O)C(C)NC(=O)CCCOc1cccnc1. The van der Waals surface area contributed by atoms with Gasteiger partial charge in [-0.15, -0.1) is 0 Å². The molecule has 1 atom stereocenters. The summed E-state index contributed by atoms with van der Waals surface area (Å²) in [4.78, 5) is 26.5. The number of esters is 1. The molecule has 1 aromatic heterocycles. The van der Waals surface area contributed by atoms with Crippen LogP contribution in [0.1, 0.15) is 19.8 Å². The maximum atomic E-state index is 11.5. The highest BCUT2D eigenvalue weighted by molar-refractivity contribution is 5.83. The molecule has 0 saturated carbocycles. The first-order chi connectivity index (χ1) is 9.13. The summed E-state index contributed by atoms with van der Waals surface area (Å²) in [6.07, 6.45) is 4.13. The number of ether oxygens (including phenoxy) is 2. The van der Waals surface area contributed by atoms with Crippen molar-refractivity contribution < 1.29 is 19.1 Å². The number of nitrogens with zero attached hydrogens (tertiary/aromatic N) is 1. The van der Waals surface area contributed by atoms with Crippen molar-refractivity contribution in [3.8, 4) is 5.75 Å². The van der Waals surface area contributed by atoms with Crippen LogP contribution in [0, 0.1) is 0 Å². The molecule has 0 saturated heterocycles. The first-order valence-electron chi connectivity index (χ1n) is 6.03. The first kappa shape index (κ1) is 14.9. The molecule has 0 aromatic carbocycles. The van der Waals surface area contributed by atoms with Crippen LogP contribution < -0.4 is 10.1 Å². The predicted molar refractivity (Wildman–Crippen MR) is 68.6 cm³/mol. The first-order valence-corrected chi connectivity index (χ1v) is 6.03. The second kappa shape index (κ2) is 8.07. The Morgan fingerprint density at radius 2 is 2.26 bits per heavy atom. The van der Waals surface area contributed by atoms with Crippen molar-refractivity contribution >= 4 is 11.9 Å². The fourth-order valence-corrected chi connectivity index (χ4v) is 1.40. The molecule has 19 heavy (non-hydrogen) atoms. The molecule has 1 N–H and O–H groups in total. The van der Waals surface area contributed by atoms with E-state index in [1.807, 2.05) is 0 Å². The zero-order chi connectivity index (χ0) is 14.1. The molecule has 0 aliphatic heterocycles. The molecule has 0 radical (unpaired) electrons. The third kappa shape index (κ3) is 5.85. The van der Waals surface area contributed by atoms with Gasteiger partial charge in [0.1, 0.15) is 11.8 Å². The number of aromatic nitrogens is 1. The summed E-state index contributed by atoms with van der Waals surface area (Å²) >= 11 is 0. The fourth-order valence-electron chi connectivity index (χ4n) is 1.40. The van der Waals surface area contributed by atoms with Gasteiger partial charge in [0.15, 0.2) is 0 Å². The van der Waals surface area contributed by atoms with Crippen LogP contribution in [-0.4, -0.2) is 36.6 Å². The summed E-state index contributed by atoms with van der Waals surface area (Å²) in [7, 11) is 1.28. The quantitative estimate of drug-likeness (QED) is 0.586. The normalized spacial score (nSPS) is 11.5. The molecule has 6 nitrogen and oxygen atoms in total. The lowest BCUT2D eigenvalue weighted by atomic mass is 10.2. The van der Waals surface area contributed by atoms with E-state index < -0.39 is 12.0 Å². The Kier molecular flexibility index (Phi) is 6.35. The molecule has 1 unspecified atom stereocenters. The summed E-state index contributed by atoms with van der Waals surface area (Å²) in [6, 6.07) is 2.95. The van der Waals surface area contributed by atoms with Gasteiger partial charge in [0.05, 0.1) is 19.9 Å². The molecule has 1 amide bonds. The van der Waals surface area contributed by atoms with Crippen molar-refractivity contribution in [2.24, 2.45) is 0 Å². The highest BCUT2D eigenvalue weighted by atomic mass is 16.5. The van der Waals surface area contributed by atoms with E-state index in [9.17, 15) is 9.59 Å². The zero-order valence-electron chi connectivity index (χ0n) is 11.1. The number of hydrogen-bond acceptors (Lipinski definition) is 5. The molecular weight excluding hydrogens is 248 g/mol. The smallest absolute Gasteiger partial charge is 0.328 e. The highest BCUT2D eigenvalue weighted by Crippen LogP contribution is 2.06. The number of hydrogen-bond donors (Lipinski definition) is 1. The standard InChI is InChI=1S/C13H18N2O4/c1-10(13(17)18-2)15-12(16)6-4-8-19-11-5-3-7-14-9-11/h3,5,7,9-10H,4,6,8H2,1-2H3,(H,15,16). The average Bonchev–Trinajstić information content (AvgIpc) is 2.43. The number of methoxy groups -OCH3 is 1. The van der Waals surface area contributed by atoms with Crippen LogP contribution >= 0.6 is 0 Å². The maximum absolute atomic E-state index is 11.5. The topological polar surface area (TPSA) is 77.5 Å². The van der Waals surface area contributed by atoms with Gasteiger partial charge in [-0.25, -0.2) is 4.79 Å². The van der Waals surface area contributed by atoms with E-state index in [1.165, 1.54) is 7.11 Å². The Morgan fingerprint density at radius 3 is 2.89 bits per heavy atom. The number of pyridine rings is 1. The summed E-state index contributed by atoms with van der Waals surface area (Å²) in [5.74, 6) is 0.0125. The summed E-state index contributed by atoms with van der Waals surface area (Å²) in [5.41, 5.74) is 0. The van der Waals surface area contributed by atoms with E-state index in [2.05, 4.69) is 15.0 Å². The Hall–Kier alpha value is -2.11. The second-order valence-corrected chi connectivity index (χ2v) is 3.95. The summed E-state index contributed by atoms with van der Waals surface area (Å²) in [5, 5.41) is 2.55. The van der Waals surface area contributed by atoms with E-state index >= 15 is 0 Å². The fraction of sp³-hybridized carbons (Fsp3) is 0.462. The van der Waals surface area contributed by atoms with Crippen LogP contribution in [0.2, 0.25) is 0 Å². The Labute approximate surface area is 112 Å². The number of nitrogens with one attached hydrogen (secondary N) is 1. The second-order valence-electron chi connectivity index (χ2n) is 3.95. The van der Waals surface area contributed by atoms with Crippen LogP contribution in [-0.2, 0) is 14.3 Å². The third-order valence-corrected chi connectivity index (χ3v) is 2.38. The minimum Gasteiger partial charge on any atom is -0.492 e. The summed E-state index contributed by atoms with van der Waals surface area (Å²) in [6.45, 7) is 2.00. The monoisotopic (exact) mass is 266 g/mol. The third-order valence-electron chi connectivity index (χ3n) is 2.38. The minimum atomic E-state index is -0.628. The molecule has 0 aliphatic carbocycles. The molecule has 0 aliphatic rings. The molecule has 0 spiro atoms. The molecule has 1 aromatic rings. The molecule has 6 heteroatoms. The van der Waals surface area contributed by atoms with Crippen molar-refractivity contribution in [2.75, 3.05) is 13.7 Å². The summed E-state index contributed by atoms with van der Waals surface area (Å²) < 4.78 is 9.91. The van der Waals surface area contributed by atoms with Gasteiger partial charge in [0, 0.05) is 12.6 Å². The van der Waals surface area contributed by atoms with Crippen LogP contribution in [0.3, 0.4) is 0 Å². The van der Waals surface area contributed by atoms with E-state index in [-0.39, 0.29) is 5.91 Å². The number of carbonyl (C=O) groups is 2. The van der Waals surface area contributed by atoms with E-state index in [0.29, 0.717) is 25.2 Å². The molecule has 104 valence electrons. The van der Waals surface area contributed by atoms with Crippen molar-refractivity contribution in [1.29, 1.82) is 0 Å². The van der Waals surface area contributed by atoms with Crippen molar-refractivity contribution in [2.45, 2.75) is 25.8 Å². The lowest BCUT2D eigenvalue weighted by Gasteiger charge is -2.11. The molecule has 0 bridgehead atoms. The van der Waals surface area contributed by atoms with E-state index in [4.69, 9.17) is 4.74 Å². The van der Waals surface area contributed by atoms with Crippen LogP contribution in [0.15, 0.2) is 24.5 Å². The number of carbonyl (C=O) groups excluding carboxylic acids is 2. The Morgan fingerprint density at radius 1 is 1.47 bits per heavy atom. The molecule has 1 rings (SSSR count). The molecule has 0 fully saturated rings. The number of rotatable bonds is 7. The van der Waals surface area contributed by atoms with Crippen molar-refractivity contribution in [3.05, 3.63) is 24.5 Å². The van der Waals surface area contributed by atoms with Gasteiger partial charge in [-0.2, -0.15) is 0 Å². The van der Waals surface area contributed by atoms with Gasteiger partial charge in [0.2, 0.25) is 5.91 Å². The average molecular weight is 266 g/mol. The lowest BCUT2D eigenvalue weighted by Crippen LogP contribution is -2.39. The van der Waals surface area contributed by atoms with Gasteiger partial charge in [-0.05, 0) is 25.5 Å². The number of amides is 1. The minimum absolute atomic E-state index is 0.201. The van der Waals surface area contributed by atoms with Crippen molar-refractivity contribution in [3.63, 3.8) is 0 Å². The highest BCUT2D eigenvalue weighted by Gasteiger charge is 2.15. The molecular formula is C13H18N2O4. The van der Waals surface area contributed by atoms with Gasteiger partial charge < -0.3 is 14.8 Å². The van der Waals surface area contributed by atoms with Gasteiger partial charge in [0.25, 0.3) is 0 Å². The zero-order valence-corrected chi connectivity index (χ0v) is 11.1. The Balaban J connectivity index is 2.15. The van der Waals surface area contributed by atoms with E-state index in [0.717, 1.165) is 0 Å². The Bertz CT molecular complexity index is 408. The largest absolute Gasteiger partial charge is 0.492 e. The van der Waals surface area contributed by atoms with Crippen molar-refractivity contribution in [1.82, 2.24) is 10.3 Å². The van der Waals surface area contributed by atoms with Crippen LogP contribution in [0.4, 0.5) is 0 Å². The maximum Gasteiger partial charge on any atom is 0.328 e. The van der Waals surface area contributed by atoms with Crippen LogP contribution in [0.25, 0.3) is 0 Å². The van der Waals surface area contributed by atoms with Gasteiger partial charge >= 0.3 is 5.97 Å². The predicted octanol–water partition coefficient (Wildman–Crippen LogP) is 0.918. The van der Waals surface area contributed by atoms with Gasteiger partial charge in [-0.3, -0.25) is 9.78 Å². The lowest BCUT2D eigenvalue weighted by molar-refractivity contribution is -0.144. The van der Waals surface area contributed by atoms with E-state index in [1.54, 1.807) is 31.5 Å². The van der Waals surface area contributed by atoms with Crippen LogP contribution in [0.5, 0.6) is 5.75 Å². The molecule has 1 heterocycles. The van der Waals surface area contributed by atoms with Gasteiger partial charge in [-0.1, -0.05) is 0 Å².